The first-order valence-electron chi connectivity index (χ1n) is 7.69. The van der Waals surface area contributed by atoms with E-state index in [1.807, 2.05) is 6.08 Å². The SMILES string of the molecule is C=CCn1c(C2CC2)nc(-c2ccc(C(C)C)cc2)c1N. The number of nitrogens with two attached hydrogens (primary N) is 1. The molecular formula is C18H23N3. The van der Waals surface area contributed by atoms with Crippen molar-refractivity contribution in [1.29, 1.82) is 0 Å². The second kappa shape index (κ2) is 5.40. The summed E-state index contributed by atoms with van der Waals surface area (Å²) in [5, 5.41) is 0. The molecule has 0 spiro atoms. The Morgan fingerprint density at radius 1 is 1.33 bits per heavy atom. The predicted molar refractivity (Wildman–Crippen MR) is 88.3 cm³/mol. The number of benzene rings is 1. The van der Waals surface area contributed by atoms with Crippen molar-refractivity contribution < 1.29 is 0 Å². The number of allylic oxidation sites excluding steroid dienone is 1. The van der Waals surface area contributed by atoms with Crippen LogP contribution in [0.25, 0.3) is 11.3 Å². The molecule has 1 aromatic carbocycles. The number of imidazole rings is 1. The summed E-state index contributed by atoms with van der Waals surface area (Å²) in [4.78, 5) is 4.83. The third-order valence-corrected chi connectivity index (χ3v) is 4.14. The smallest absolute Gasteiger partial charge is 0.132 e. The van der Waals surface area contributed by atoms with Gasteiger partial charge in [-0.05, 0) is 24.3 Å². The van der Waals surface area contributed by atoms with Gasteiger partial charge in [0.05, 0.1) is 0 Å². The molecule has 2 N–H and O–H groups in total. The first-order valence-corrected chi connectivity index (χ1v) is 7.69. The Kier molecular flexibility index (Phi) is 3.58. The number of nitrogens with zero attached hydrogens (tertiary/aromatic N) is 2. The van der Waals surface area contributed by atoms with E-state index in [0.29, 0.717) is 11.8 Å². The maximum absolute atomic E-state index is 6.34. The molecule has 0 bridgehead atoms. The van der Waals surface area contributed by atoms with Crippen LogP contribution in [0.3, 0.4) is 0 Å². The molecule has 3 rings (SSSR count). The van der Waals surface area contributed by atoms with E-state index in [1.165, 1.54) is 18.4 Å². The second-order valence-corrected chi connectivity index (χ2v) is 6.15. The summed E-state index contributed by atoms with van der Waals surface area (Å²) in [6, 6.07) is 8.59. The molecule has 1 fully saturated rings. The van der Waals surface area contributed by atoms with Crippen LogP contribution in [0.4, 0.5) is 5.82 Å². The largest absolute Gasteiger partial charge is 0.383 e. The molecule has 1 saturated carbocycles. The van der Waals surface area contributed by atoms with Crippen LogP contribution in [0, 0.1) is 0 Å². The van der Waals surface area contributed by atoms with Crippen LogP contribution in [0.5, 0.6) is 0 Å². The monoisotopic (exact) mass is 281 g/mol. The van der Waals surface area contributed by atoms with Gasteiger partial charge in [0.2, 0.25) is 0 Å². The molecular weight excluding hydrogens is 258 g/mol. The van der Waals surface area contributed by atoms with Crippen molar-refractivity contribution in [3.8, 4) is 11.3 Å². The van der Waals surface area contributed by atoms with E-state index in [2.05, 4.69) is 49.3 Å². The van der Waals surface area contributed by atoms with Crippen molar-refractivity contribution in [1.82, 2.24) is 9.55 Å². The molecule has 0 unspecified atom stereocenters. The normalized spacial score (nSPS) is 14.6. The third-order valence-electron chi connectivity index (χ3n) is 4.14. The van der Waals surface area contributed by atoms with Crippen LogP contribution >= 0.6 is 0 Å². The quantitative estimate of drug-likeness (QED) is 0.829. The maximum atomic E-state index is 6.34. The van der Waals surface area contributed by atoms with Crippen LogP contribution < -0.4 is 5.73 Å². The Morgan fingerprint density at radius 2 is 2.00 bits per heavy atom. The Labute approximate surface area is 126 Å². The van der Waals surface area contributed by atoms with Gasteiger partial charge in [-0.25, -0.2) is 4.98 Å². The summed E-state index contributed by atoms with van der Waals surface area (Å²) in [5.41, 5.74) is 9.69. The molecule has 0 atom stereocenters. The van der Waals surface area contributed by atoms with Gasteiger partial charge < -0.3 is 10.3 Å². The molecule has 0 aliphatic heterocycles. The molecule has 21 heavy (non-hydrogen) atoms. The summed E-state index contributed by atoms with van der Waals surface area (Å²) in [6.07, 6.45) is 4.33. The summed E-state index contributed by atoms with van der Waals surface area (Å²) < 4.78 is 2.11. The lowest BCUT2D eigenvalue weighted by Gasteiger charge is -2.07. The van der Waals surface area contributed by atoms with E-state index < -0.39 is 0 Å². The molecule has 3 nitrogen and oxygen atoms in total. The van der Waals surface area contributed by atoms with E-state index in [4.69, 9.17) is 10.7 Å². The molecule has 3 heteroatoms. The summed E-state index contributed by atoms with van der Waals surface area (Å²) in [6.45, 7) is 8.96. The lowest BCUT2D eigenvalue weighted by Crippen LogP contribution is -2.05. The molecule has 0 saturated heterocycles. The average Bonchev–Trinajstić information content (AvgIpc) is 3.26. The number of hydrogen-bond donors (Lipinski definition) is 1. The molecule has 1 aromatic heterocycles. The van der Waals surface area contributed by atoms with Gasteiger partial charge in [0, 0.05) is 18.0 Å². The zero-order valence-electron chi connectivity index (χ0n) is 12.8. The van der Waals surface area contributed by atoms with E-state index in [9.17, 15) is 0 Å². The average molecular weight is 281 g/mol. The first kappa shape index (κ1) is 13.9. The first-order chi connectivity index (χ1) is 10.1. The third kappa shape index (κ3) is 2.60. The van der Waals surface area contributed by atoms with E-state index >= 15 is 0 Å². The number of nitrogen functional groups attached to an aromatic ring is 1. The Morgan fingerprint density at radius 3 is 2.52 bits per heavy atom. The molecule has 1 aliphatic rings. The van der Waals surface area contributed by atoms with Crippen LogP contribution in [0.2, 0.25) is 0 Å². The molecule has 110 valence electrons. The molecule has 0 radical (unpaired) electrons. The Balaban J connectivity index is 2.01. The highest BCUT2D eigenvalue weighted by Crippen LogP contribution is 2.42. The Hall–Kier alpha value is -2.03. The summed E-state index contributed by atoms with van der Waals surface area (Å²) in [7, 11) is 0. The highest BCUT2D eigenvalue weighted by atomic mass is 15.1. The van der Waals surface area contributed by atoms with Crippen LogP contribution in [0.1, 0.15) is 49.9 Å². The van der Waals surface area contributed by atoms with Gasteiger partial charge in [0.15, 0.2) is 0 Å². The lowest BCUT2D eigenvalue weighted by molar-refractivity contribution is 0.750. The van der Waals surface area contributed by atoms with Gasteiger partial charge in [0.1, 0.15) is 17.3 Å². The van der Waals surface area contributed by atoms with Crippen molar-refractivity contribution in [3.05, 3.63) is 48.3 Å². The topological polar surface area (TPSA) is 43.8 Å². The fraction of sp³-hybridized carbons (Fsp3) is 0.389. The fourth-order valence-corrected chi connectivity index (χ4v) is 2.70. The van der Waals surface area contributed by atoms with Crippen LogP contribution in [0.15, 0.2) is 36.9 Å². The number of hydrogen-bond acceptors (Lipinski definition) is 2. The predicted octanol–water partition coefficient (Wildman–Crippen LogP) is 4.32. The van der Waals surface area contributed by atoms with Crippen molar-refractivity contribution in [2.75, 3.05) is 5.73 Å². The van der Waals surface area contributed by atoms with Crippen molar-refractivity contribution in [3.63, 3.8) is 0 Å². The molecule has 2 aromatic rings. The van der Waals surface area contributed by atoms with Gasteiger partial charge in [-0.1, -0.05) is 44.2 Å². The highest BCUT2D eigenvalue weighted by Gasteiger charge is 2.30. The Bertz CT molecular complexity index is 646. The van der Waals surface area contributed by atoms with E-state index in [-0.39, 0.29) is 0 Å². The van der Waals surface area contributed by atoms with E-state index in [1.54, 1.807) is 0 Å². The maximum Gasteiger partial charge on any atom is 0.132 e. The minimum atomic E-state index is 0.539. The minimum absolute atomic E-state index is 0.539. The summed E-state index contributed by atoms with van der Waals surface area (Å²) in [5.74, 6) is 3.00. The number of anilines is 1. The van der Waals surface area contributed by atoms with Crippen molar-refractivity contribution in [2.45, 2.75) is 45.1 Å². The van der Waals surface area contributed by atoms with Crippen LogP contribution in [-0.4, -0.2) is 9.55 Å². The van der Waals surface area contributed by atoms with Crippen molar-refractivity contribution in [2.24, 2.45) is 0 Å². The van der Waals surface area contributed by atoms with E-state index in [0.717, 1.165) is 29.4 Å². The summed E-state index contributed by atoms with van der Waals surface area (Å²) >= 11 is 0. The van der Waals surface area contributed by atoms with Gasteiger partial charge in [-0.2, -0.15) is 0 Å². The fourth-order valence-electron chi connectivity index (χ4n) is 2.70. The van der Waals surface area contributed by atoms with Gasteiger partial charge in [0.25, 0.3) is 0 Å². The lowest BCUT2D eigenvalue weighted by atomic mass is 10.0. The standard InChI is InChI=1S/C18H23N3/c1-4-11-21-17(19)16(20-18(21)15-9-10-15)14-7-5-13(6-8-14)12(2)3/h4-8,12,15H,1,9-11,19H2,2-3H3. The minimum Gasteiger partial charge on any atom is -0.383 e. The number of aromatic nitrogens is 2. The molecule has 1 aliphatic carbocycles. The zero-order chi connectivity index (χ0) is 15.0. The highest BCUT2D eigenvalue weighted by molar-refractivity contribution is 5.71. The van der Waals surface area contributed by atoms with Gasteiger partial charge >= 0.3 is 0 Å². The van der Waals surface area contributed by atoms with Gasteiger partial charge in [-0.3, -0.25) is 0 Å². The molecule has 1 heterocycles. The van der Waals surface area contributed by atoms with Gasteiger partial charge in [-0.15, -0.1) is 6.58 Å². The number of rotatable bonds is 5. The van der Waals surface area contributed by atoms with Crippen molar-refractivity contribution >= 4 is 5.82 Å². The second-order valence-electron chi connectivity index (χ2n) is 6.15. The molecule has 0 amide bonds. The zero-order valence-corrected chi connectivity index (χ0v) is 12.8. The van der Waals surface area contributed by atoms with Crippen LogP contribution in [-0.2, 0) is 6.54 Å².